The molecule has 0 saturated heterocycles. The highest BCUT2D eigenvalue weighted by molar-refractivity contribution is 6.18. The zero-order valence-electron chi connectivity index (χ0n) is 9.60. The molecule has 0 aromatic rings. The first-order valence-corrected chi connectivity index (χ1v) is 6.64. The maximum Gasteiger partial charge on any atom is 0.0586 e. The third-order valence-corrected chi connectivity index (χ3v) is 4.53. The lowest BCUT2D eigenvalue weighted by molar-refractivity contribution is 0.0582. The van der Waals surface area contributed by atoms with Gasteiger partial charge in [0, 0.05) is 25.6 Å². The highest BCUT2D eigenvalue weighted by atomic mass is 35.5. The summed E-state index contributed by atoms with van der Waals surface area (Å²) in [7, 11) is 1.83. The lowest BCUT2D eigenvalue weighted by Crippen LogP contribution is -2.39. The van der Waals surface area contributed by atoms with Crippen LogP contribution in [0.25, 0.3) is 0 Å². The summed E-state index contributed by atoms with van der Waals surface area (Å²) >= 11 is 5.96. The fraction of sp³-hybridized carbons (Fsp3) is 1.00. The Bertz CT molecular complexity index is 206. The van der Waals surface area contributed by atoms with E-state index in [2.05, 4.69) is 5.32 Å². The number of ether oxygens (including phenoxy) is 1. The molecule has 2 fully saturated rings. The van der Waals surface area contributed by atoms with E-state index < -0.39 is 0 Å². The van der Waals surface area contributed by atoms with Crippen LogP contribution in [0, 0.1) is 5.41 Å². The Morgan fingerprint density at radius 1 is 1.40 bits per heavy atom. The summed E-state index contributed by atoms with van der Waals surface area (Å²) in [5.74, 6) is 0.820. The molecule has 0 radical (unpaired) electrons. The second-order valence-electron chi connectivity index (χ2n) is 5.24. The molecule has 2 nitrogen and oxygen atoms in total. The van der Waals surface area contributed by atoms with Crippen LogP contribution in [0.4, 0.5) is 0 Å². The van der Waals surface area contributed by atoms with Crippen LogP contribution < -0.4 is 5.32 Å². The zero-order chi connectivity index (χ0) is 10.7. The van der Waals surface area contributed by atoms with Gasteiger partial charge in [0.05, 0.1) is 6.10 Å². The van der Waals surface area contributed by atoms with Crippen LogP contribution in [0.5, 0.6) is 0 Å². The normalized spacial score (nSPS) is 34.0. The fourth-order valence-corrected chi connectivity index (χ4v) is 2.80. The van der Waals surface area contributed by atoms with Crippen LogP contribution in [0.1, 0.15) is 38.5 Å². The summed E-state index contributed by atoms with van der Waals surface area (Å²) in [6, 6.07) is 0.657. The van der Waals surface area contributed by atoms with E-state index in [1.165, 1.54) is 38.5 Å². The largest absolute Gasteiger partial charge is 0.381 e. The van der Waals surface area contributed by atoms with Crippen molar-refractivity contribution in [1.82, 2.24) is 5.32 Å². The highest BCUT2D eigenvalue weighted by Gasteiger charge is 2.41. The molecule has 0 aromatic heterocycles. The Morgan fingerprint density at radius 3 is 2.80 bits per heavy atom. The molecule has 0 spiro atoms. The molecule has 0 aromatic carbocycles. The summed E-state index contributed by atoms with van der Waals surface area (Å²) in [6.45, 7) is 1.11. The number of hydrogen-bond acceptors (Lipinski definition) is 2. The highest BCUT2D eigenvalue weighted by Crippen LogP contribution is 2.46. The standard InChI is InChI=1S/C12H22ClNO/c1-15-11-4-2-3-10(7-11)14-9-12(8-13)5-6-12/h10-11,14H,2-9H2,1H3. The van der Waals surface area contributed by atoms with Crippen LogP contribution in [0.3, 0.4) is 0 Å². The van der Waals surface area contributed by atoms with E-state index in [4.69, 9.17) is 16.3 Å². The maximum atomic E-state index is 5.96. The molecule has 2 rings (SSSR count). The minimum absolute atomic E-state index is 0.446. The molecule has 0 bridgehead atoms. The Hall–Kier alpha value is 0.210. The topological polar surface area (TPSA) is 21.3 Å². The SMILES string of the molecule is COC1CCCC(NCC2(CCl)CC2)C1. The van der Waals surface area contributed by atoms with Crippen molar-refractivity contribution in [3.05, 3.63) is 0 Å². The average Bonchev–Trinajstić information content (AvgIpc) is 3.07. The summed E-state index contributed by atoms with van der Waals surface area (Å²) in [5.41, 5.74) is 0.446. The predicted octanol–water partition coefficient (Wildman–Crippen LogP) is 2.55. The van der Waals surface area contributed by atoms with Gasteiger partial charge in [-0.25, -0.2) is 0 Å². The molecule has 0 amide bonds. The second-order valence-corrected chi connectivity index (χ2v) is 5.50. The van der Waals surface area contributed by atoms with Crippen LogP contribution in [-0.4, -0.2) is 31.7 Å². The van der Waals surface area contributed by atoms with Gasteiger partial charge in [0.1, 0.15) is 0 Å². The summed E-state index contributed by atoms with van der Waals surface area (Å²) in [5, 5.41) is 3.68. The lowest BCUT2D eigenvalue weighted by Gasteiger charge is -2.30. The molecule has 1 N–H and O–H groups in total. The van der Waals surface area contributed by atoms with E-state index in [1.54, 1.807) is 0 Å². The Balaban J connectivity index is 1.70. The molecule has 2 unspecified atom stereocenters. The Morgan fingerprint density at radius 2 is 2.20 bits per heavy atom. The van der Waals surface area contributed by atoms with Crippen LogP contribution in [-0.2, 0) is 4.74 Å². The summed E-state index contributed by atoms with van der Waals surface area (Å²) in [6.07, 6.45) is 8.10. The van der Waals surface area contributed by atoms with Gasteiger partial charge in [0.2, 0.25) is 0 Å². The van der Waals surface area contributed by atoms with Gasteiger partial charge >= 0.3 is 0 Å². The Kier molecular flexibility index (Phi) is 3.92. The molecular weight excluding hydrogens is 210 g/mol. The third kappa shape index (κ3) is 3.08. The number of nitrogens with one attached hydrogen (secondary N) is 1. The minimum Gasteiger partial charge on any atom is -0.381 e. The maximum absolute atomic E-state index is 5.96. The van der Waals surface area contributed by atoms with Gasteiger partial charge < -0.3 is 10.1 Å². The van der Waals surface area contributed by atoms with Gasteiger partial charge in [-0.1, -0.05) is 0 Å². The fourth-order valence-electron chi connectivity index (χ4n) is 2.44. The van der Waals surface area contributed by atoms with Crippen molar-refractivity contribution in [3.63, 3.8) is 0 Å². The number of alkyl halides is 1. The van der Waals surface area contributed by atoms with Gasteiger partial charge in [-0.15, -0.1) is 11.6 Å². The van der Waals surface area contributed by atoms with E-state index >= 15 is 0 Å². The molecule has 0 heterocycles. The van der Waals surface area contributed by atoms with Gasteiger partial charge in [-0.2, -0.15) is 0 Å². The first kappa shape index (κ1) is 11.7. The molecule has 2 saturated carbocycles. The van der Waals surface area contributed by atoms with Crippen LogP contribution >= 0.6 is 11.6 Å². The second kappa shape index (κ2) is 5.03. The van der Waals surface area contributed by atoms with E-state index in [9.17, 15) is 0 Å². The average molecular weight is 232 g/mol. The van der Waals surface area contributed by atoms with Crippen molar-refractivity contribution in [1.29, 1.82) is 0 Å². The van der Waals surface area contributed by atoms with E-state index in [0.29, 0.717) is 17.6 Å². The van der Waals surface area contributed by atoms with Crippen LogP contribution in [0.2, 0.25) is 0 Å². The molecule has 88 valence electrons. The first-order chi connectivity index (χ1) is 7.28. The zero-order valence-corrected chi connectivity index (χ0v) is 10.4. The van der Waals surface area contributed by atoms with Crippen molar-refractivity contribution in [2.24, 2.45) is 5.41 Å². The summed E-state index contributed by atoms with van der Waals surface area (Å²) in [4.78, 5) is 0. The van der Waals surface area contributed by atoms with Crippen molar-refractivity contribution < 1.29 is 4.74 Å². The molecule has 2 atom stereocenters. The number of rotatable bonds is 5. The van der Waals surface area contributed by atoms with Crippen molar-refractivity contribution in [2.45, 2.75) is 50.7 Å². The summed E-state index contributed by atoms with van der Waals surface area (Å²) < 4.78 is 5.43. The molecule has 3 heteroatoms. The first-order valence-electron chi connectivity index (χ1n) is 6.10. The monoisotopic (exact) mass is 231 g/mol. The lowest BCUT2D eigenvalue weighted by atomic mass is 9.92. The molecular formula is C12H22ClNO. The molecule has 2 aliphatic rings. The number of halogens is 1. The van der Waals surface area contributed by atoms with Crippen molar-refractivity contribution in [2.75, 3.05) is 19.5 Å². The van der Waals surface area contributed by atoms with E-state index in [1.807, 2.05) is 7.11 Å². The molecule has 2 aliphatic carbocycles. The molecule has 15 heavy (non-hydrogen) atoms. The predicted molar refractivity (Wildman–Crippen MR) is 63.4 cm³/mol. The third-order valence-electron chi connectivity index (χ3n) is 3.97. The van der Waals surface area contributed by atoms with Gasteiger partial charge in [-0.3, -0.25) is 0 Å². The van der Waals surface area contributed by atoms with Gasteiger partial charge in [-0.05, 0) is 43.9 Å². The number of hydrogen-bond donors (Lipinski definition) is 1. The van der Waals surface area contributed by atoms with Gasteiger partial charge in [0.25, 0.3) is 0 Å². The van der Waals surface area contributed by atoms with Crippen molar-refractivity contribution in [3.8, 4) is 0 Å². The van der Waals surface area contributed by atoms with Crippen LogP contribution in [0.15, 0.2) is 0 Å². The smallest absolute Gasteiger partial charge is 0.0586 e. The van der Waals surface area contributed by atoms with E-state index in [-0.39, 0.29) is 0 Å². The van der Waals surface area contributed by atoms with Gasteiger partial charge in [0.15, 0.2) is 0 Å². The quantitative estimate of drug-likeness (QED) is 0.735. The van der Waals surface area contributed by atoms with E-state index in [0.717, 1.165) is 12.4 Å². The Labute approximate surface area is 97.7 Å². The molecule has 0 aliphatic heterocycles. The minimum atomic E-state index is 0.446. The van der Waals surface area contributed by atoms with Crippen molar-refractivity contribution >= 4 is 11.6 Å². The number of methoxy groups -OCH3 is 1.